The van der Waals surface area contributed by atoms with Crippen molar-refractivity contribution in [2.75, 3.05) is 39.9 Å². The second kappa shape index (κ2) is 9.06. The number of amides is 1. The molecule has 1 atom stereocenters. The number of rotatable bonds is 7. The second-order valence-electron chi connectivity index (χ2n) is 7.21. The number of carbonyl (C=O) groups is 1. The lowest BCUT2D eigenvalue weighted by molar-refractivity contribution is 0.0946. The first-order chi connectivity index (χ1) is 13.0. The molecule has 1 N–H and O–H groups in total. The van der Waals surface area contributed by atoms with Crippen LogP contribution in [0.1, 0.15) is 28.2 Å². The molecule has 3 rings (SSSR count). The molecule has 1 aromatic heterocycles. The van der Waals surface area contributed by atoms with Crippen LogP contribution in [0.15, 0.2) is 30.3 Å². The summed E-state index contributed by atoms with van der Waals surface area (Å²) in [5, 5.41) is 3.08. The predicted molar refractivity (Wildman–Crippen MR) is 106 cm³/mol. The fourth-order valence-corrected chi connectivity index (χ4v) is 3.50. The molecule has 1 aliphatic rings. The van der Waals surface area contributed by atoms with E-state index in [9.17, 15) is 4.79 Å². The highest BCUT2D eigenvalue weighted by Crippen LogP contribution is 2.18. The van der Waals surface area contributed by atoms with Gasteiger partial charge in [-0.3, -0.25) is 4.79 Å². The molecule has 6 nitrogen and oxygen atoms in total. The molecule has 1 fully saturated rings. The molecule has 0 radical (unpaired) electrons. The van der Waals surface area contributed by atoms with Crippen LogP contribution in [-0.4, -0.2) is 60.7 Å². The number of nitrogens with one attached hydrogen (secondary N) is 1. The fourth-order valence-electron chi connectivity index (χ4n) is 3.50. The molecule has 1 amide bonds. The van der Waals surface area contributed by atoms with Crippen LogP contribution in [0.4, 0.5) is 0 Å². The Morgan fingerprint density at radius 2 is 2.04 bits per heavy atom. The maximum atomic E-state index is 12.6. The van der Waals surface area contributed by atoms with Crippen molar-refractivity contribution in [1.82, 2.24) is 20.2 Å². The molecule has 1 aromatic carbocycles. The molecule has 0 saturated carbocycles. The van der Waals surface area contributed by atoms with Crippen LogP contribution >= 0.6 is 0 Å². The van der Waals surface area contributed by atoms with Crippen molar-refractivity contribution in [3.05, 3.63) is 47.3 Å². The van der Waals surface area contributed by atoms with Gasteiger partial charge in [-0.15, -0.1) is 0 Å². The Bertz CT molecular complexity index is 773. The number of hydrogen-bond acceptors (Lipinski definition) is 5. The van der Waals surface area contributed by atoms with Gasteiger partial charge < -0.3 is 15.0 Å². The van der Waals surface area contributed by atoms with Gasteiger partial charge in [0.25, 0.3) is 5.91 Å². The monoisotopic (exact) mass is 368 g/mol. The van der Waals surface area contributed by atoms with Crippen molar-refractivity contribution in [2.24, 2.45) is 5.92 Å². The number of hydrogen-bond donors (Lipinski definition) is 1. The normalized spacial score (nSPS) is 17.2. The number of aryl methyl sites for hydroxylation is 2. The van der Waals surface area contributed by atoms with E-state index < -0.39 is 0 Å². The molecule has 6 heteroatoms. The predicted octanol–water partition coefficient (Wildman–Crippen LogP) is 2.46. The molecular formula is C21H28N4O2. The Labute approximate surface area is 161 Å². The van der Waals surface area contributed by atoms with Gasteiger partial charge in [-0.05, 0) is 50.9 Å². The van der Waals surface area contributed by atoms with Crippen molar-refractivity contribution < 1.29 is 9.53 Å². The van der Waals surface area contributed by atoms with E-state index in [1.54, 1.807) is 7.11 Å². The van der Waals surface area contributed by atoms with E-state index in [0.717, 1.165) is 49.6 Å². The molecule has 2 heterocycles. The molecule has 0 aliphatic carbocycles. The molecule has 144 valence electrons. The molecular weight excluding hydrogens is 340 g/mol. The van der Waals surface area contributed by atoms with E-state index in [-0.39, 0.29) is 5.91 Å². The first kappa shape index (κ1) is 19.5. The summed E-state index contributed by atoms with van der Waals surface area (Å²) in [6.07, 6.45) is 1.11. The van der Waals surface area contributed by atoms with Crippen molar-refractivity contribution in [2.45, 2.75) is 20.3 Å². The summed E-state index contributed by atoms with van der Waals surface area (Å²) in [6, 6.07) is 9.46. The van der Waals surface area contributed by atoms with Crippen LogP contribution < -0.4 is 5.32 Å². The van der Waals surface area contributed by atoms with Crippen LogP contribution in [0.5, 0.6) is 0 Å². The van der Waals surface area contributed by atoms with Gasteiger partial charge in [-0.1, -0.05) is 12.1 Å². The van der Waals surface area contributed by atoms with Crippen LogP contribution in [-0.2, 0) is 4.74 Å². The summed E-state index contributed by atoms with van der Waals surface area (Å²) in [6.45, 7) is 8.40. The van der Waals surface area contributed by atoms with Gasteiger partial charge in [0.15, 0.2) is 5.82 Å². The van der Waals surface area contributed by atoms with Crippen LogP contribution in [0.3, 0.4) is 0 Å². The third-order valence-corrected chi connectivity index (χ3v) is 4.90. The number of carbonyl (C=O) groups excluding carboxylic acids is 1. The van der Waals surface area contributed by atoms with E-state index >= 15 is 0 Å². The van der Waals surface area contributed by atoms with Crippen molar-refractivity contribution in [1.29, 1.82) is 0 Å². The summed E-state index contributed by atoms with van der Waals surface area (Å²) in [7, 11) is 1.73. The average molecular weight is 368 g/mol. The lowest BCUT2D eigenvalue weighted by Gasteiger charge is -2.15. The molecule has 2 aromatic rings. The minimum atomic E-state index is -0.0448. The number of methoxy groups -OCH3 is 1. The van der Waals surface area contributed by atoms with Crippen molar-refractivity contribution in [3.63, 3.8) is 0 Å². The number of ether oxygens (including phenoxy) is 1. The lowest BCUT2D eigenvalue weighted by Crippen LogP contribution is -2.31. The Kier molecular flexibility index (Phi) is 6.53. The zero-order valence-corrected chi connectivity index (χ0v) is 16.4. The van der Waals surface area contributed by atoms with E-state index in [0.29, 0.717) is 23.9 Å². The van der Waals surface area contributed by atoms with E-state index in [1.807, 2.05) is 44.2 Å². The minimum absolute atomic E-state index is 0.0448. The molecule has 0 unspecified atom stereocenters. The molecule has 0 bridgehead atoms. The summed E-state index contributed by atoms with van der Waals surface area (Å²) >= 11 is 0. The highest BCUT2D eigenvalue weighted by Gasteiger charge is 2.22. The minimum Gasteiger partial charge on any atom is -0.383 e. The third kappa shape index (κ3) is 5.34. The van der Waals surface area contributed by atoms with Crippen LogP contribution in [0.25, 0.3) is 11.4 Å². The van der Waals surface area contributed by atoms with Crippen molar-refractivity contribution >= 4 is 5.91 Å². The quantitative estimate of drug-likeness (QED) is 0.813. The Morgan fingerprint density at radius 3 is 2.78 bits per heavy atom. The van der Waals surface area contributed by atoms with Gasteiger partial charge in [0.05, 0.1) is 6.61 Å². The summed E-state index contributed by atoms with van der Waals surface area (Å²) < 4.78 is 5.14. The Balaban J connectivity index is 1.59. The largest absolute Gasteiger partial charge is 0.383 e. The second-order valence-corrected chi connectivity index (χ2v) is 7.21. The van der Waals surface area contributed by atoms with Crippen LogP contribution in [0, 0.1) is 19.8 Å². The Morgan fingerprint density at radius 1 is 1.26 bits per heavy atom. The fraction of sp³-hybridized carbons (Fsp3) is 0.476. The highest BCUT2D eigenvalue weighted by atomic mass is 16.5. The first-order valence-corrected chi connectivity index (χ1v) is 9.47. The van der Waals surface area contributed by atoms with E-state index in [1.165, 1.54) is 0 Å². The van der Waals surface area contributed by atoms with Gasteiger partial charge in [0.1, 0.15) is 0 Å². The maximum Gasteiger partial charge on any atom is 0.251 e. The topological polar surface area (TPSA) is 67.3 Å². The molecule has 0 spiro atoms. The van der Waals surface area contributed by atoms with Gasteiger partial charge in [-0.25, -0.2) is 9.97 Å². The number of nitrogens with zero attached hydrogens (tertiary/aromatic N) is 3. The average Bonchev–Trinajstić information content (AvgIpc) is 3.11. The Hall–Kier alpha value is -2.31. The maximum absolute atomic E-state index is 12.6. The molecule has 1 aliphatic heterocycles. The van der Waals surface area contributed by atoms with Gasteiger partial charge in [0.2, 0.25) is 0 Å². The molecule has 1 saturated heterocycles. The lowest BCUT2D eigenvalue weighted by atomic mass is 10.1. The van der Waals surface area contributed by atoms with Crippen molar-refractivity contribution in [3.8, 4) is 11.4 Å². The van der Waals surface area contributed by atoms with E-state index in [2.05, 4.69) is 20.2 Å². The van der Waals surface area contributed by atoms with Gasteiger partial charge in [-0.2, -0.15) is 0 Å². The number of likely N-dealkylation sites (tertiary alicyclic amines) is 1. The van der Waals surface area contributed by atoms with Gasteiger partial charge in [0, 0.05) is 49.3 Å². The summed E-state index contributed by atoms with van der Waals surface area (Å²) in [5.74, 6) is 1.11. The molecule has 27 heavy (non-hydrogen) atoms. The SMILES string of the molecule is COCCN1CC[C@H](CNC(=O)c2cccc(-c3nc(C)cc(C)n3)c2)C1. The van der Waals surface area contributed by atoms with Gasteiger partial charge >= 0.3 is 0 Å². The standard InChI is InChI=1S/C21H28N4O2/c1-15-11-16(2)24-20(23-15)18-5-4-6-19(12-18)21(26)22-13-17-7-8-25(14-17)9-10-27-3/h4-6,11-12,17H,7-10,13-14H2,1-3H3,(H,22,26)/t17-/m1/s1. The zero-order valence-electron chi connectivity index (χ0n) is 16.4. The van der Waals surface area contributed by atoms with E-state index in [4.69, 9.17) is 4.74 Å². The zero-order chi connectivity index (χ0) is 19.2. The smallest absolute Gasteiger partial charge is 0.251 e. The third-order valence-electron chi connectivity index (χ3n) is 4.90. The van der Waals surface area contributed by atoms with Crippen LogP contribution in [0.2, 0.25) is 0 Å². The highest BCUT2D eigenvalue weighted by molar-refractivity contribution is 5.95. The summed E-state index contributed by atoms with van der Waals surface area (Å²) in [5.41, 5.74) is 3.35. The number of benzene rings is 1. The number of aromatic nitrogens is 2. The first-order valence-electron chi connectivity index (χ1n) is 9.47. The summed E-state index contributed by atoms with van der Waals surface area (Å²) in [4.78, 5) is 23.9.